The average Bonchev–Trinajstić information content (AvgIpc) is 2.83. The molecule has 1 aliphatic heterocycles. The highest BCUT2D eigenvalue weighted by molar-refractivity contribution is 5.97. The second kappa shape index (κ2) is 10.6. The van der Waals surface area contributed by atoms with Crippen LogP contribution < -0.4 is 10.2 Å². The Balaban J connectivity index is 0.00000132. The molecule has 3 aromatic rings. The number of hydrogen-bond donors (Lipinski definition) is 1. The van der Waals surface area contributed by atoms with E-state index >= 15 is 0 Å². The molecule has 0 radical (unpaired) electrons. The molecule has 7 heteroatoms. The molecule has 1 amide bonds. The van der Waals surface area contributed by atoms with Crippen molar-refractivity contribution in [2.24, 2.45) is 0 Å². The highest BCUT2D eigenvalue weighted by Crippen LogP contribution is 2.26. The van der Waals surface area contributed by atoms with Gasteiger partial charge in [-0.3, -0.25) is 4.79 Å². The Hall–Kier alpha value is -3.35. The number of piperidine rings is 1. The minimum absolute atomic E-state index is 0.0646. The number of hydrogen-bond acceptors (Lipinski definition) is 5. The standard InChI is InChI=1S/C22H22FN5O.C2H6/c1-15-8-9-17(12-18(15)21-25-13-16(23)14-26-21)27-22(29)19-6-3-5-11-28(19)20-7-2-4-10-24-20;1-2/h2,4,7-10,12-14,19H,3,5-6,11H2,1H3,(H,27,29);1-2H3. The minimum atomic E-state index is -0.484. The summed E-state index contributed by atoms with van der Waals surface area (Å²) in [5.74, 6) is 0.692. The Bertz CT molecular complexity index is 995. The number of nitrogens with one attached hydrogen (secondary N) is 1. The summed E-state index contributed by atoms with van der Waals surface area (Å²) in [6, 6.07) is 11.0. The molecule has 1 atom stereocenters. The van der Waals surface area contributed by atoms with Gasteiger partial charge in [0, 0.05) is 24.0 Å². The van der Waals surface area contributed by atoms with Gasteiger partial charge in [0.1, 0.15) is 11.9 Å². The van der Waals surface area contributed by atoms with Crippen molar-refractivity contribution in [3.63, 3.8) is 0 Å². The fourth-order valence-corrected chi connectivity index (χ4v) is 3.62. The van der Waals surface area contributed by atoms with Gasteiger partial charge >= 0.3 is 0 Å². The molecule has 0 spiro atoms. The summed E-state index contributed by atoms with van der Waals surface area (Å²) < 4.78 is 13.1. The van der Waals surface area contributed by atoms with Crippen LogP contribution in [0.15, 0.2) is 55.0 Å². The molecule has 1 fully saturated rings. The summed E-state index contributed by atoms with van der Waals surface area (Å²) in [5.41, 5.74) is 2.37. The molecule has 1 aromatic carbocycles. The normalized spacial score (nSPS) is 15.6. The zero-order valence-electron chi connectivity index (χ0n) is 18.2. The number of carbonyl (C=O) groups excluding carboxylic acids is 1. The Labute approximate surface area is 182 Å². The molecule has 3 heterocycles. The number of halogens is 1. The first-order chi connectivity index (χ1) is 15.1. The second-order valence-electron chi connectivity index (χ2n) is 7.14. The number of aromatic nitrogens is 3. The summed E-state index contributed by atoms with van der Waals surface area (Å²) in [4.78, 5) is 27.7. The van der Waals surface area contributed by atoms with E-state index in [1.165, 1.54) is 0 Å². The monoisotopic (exact) mass is 421 g/mol. The zero-order valence-corrected chi connectivity index (χ0v) is 18.2. The van der Waals surface area contributed by atoms with E-state index in [4.69, 9.17) is 0 Å². The van der Waals surface area contributed by atoms with E-state index in [-0.39, 0.29) is 11.9 Å². The van der Waals surface area contributed by atoms with Gasteiger partial charge in [0.2, 0.25) is 5.91 Å². The first kappa shape index (κ1) is 22.3. The van der Waals surface area contributed by atoms with Crippen molar-refractivity contribution in [2.75, 3.05) is 16.8 Å². The Morgan fingerprint density at radius 1 is 1.10 bits per heavy atom. The van der Waals surface area contributed by atoms with Crippen molar-refractivity contribution >= 4 is 17.4 Å². The molecular weight excluding hydrogens is 393 g/mol. The Morgan fingerprint density at radius 2 is 1.87 bits per heavy atom. The van der Waals surface area contributed by atoms with Gasteiger partial charge in [0.15, 0.2) is 11.6 Å². The lowest BCUT2D eigenvalue weighted by atomic mass is 10.0. The lowest BCUT2D eigenvalue weighted by Gasteiger charge is -2.35. The van der Waals surface area contributed by atoms with Crippen molar-refractivity contribution < 1.29 is 9.18 Å². The molecule has 31 heavy (non-hydrogen) atoms. The number of anilines is 2. The molecule has 1 saturated heterocycles. The molecule has 1 unspecified atom stereocenters. The van der Waals surface area contributed by atoms with Gasteiger partial charge in [-0.05, 0) is 56.0 Å². The van der Waals surface area contributed by atoms with Crippen LogP contribution in [-0.4, -0.2) is 33.4 Å². The van der Waals surface area contributed by atoms with Gasteiger partial charge in [-0.2, -0.15) is 0 Å². The third-order valence-corrected chi connectivity index (χ3v) is 5.12. The summed E-state index contributed by atoms with van der Waals surface area (Å²) in [6.07, 6.45) is 6.84. The number of amides is 1. The quantitative estimate of drug-likeness (QED) is 0.641. The van der Waals surface area contributed by atoms with E-state index in [1.54, 1.807) is 6.20 Å². The maximum Gasteiger partial charge on any atom is 0.247 e. The van der Waals surface area contributed by atoms with Crippen LogP contribution in [0.1, 0.15) is 38.7 Å². The first-order valence-corrected chi connectivity index (χ1v) is 10.7. The summed E-state index contributed by atoms with van der Waals surface area (Å²) in [7, 11) is 0. The lowest BCUT2D eigenvalue weighted by Crippen LogP contribution is -2.47. The highest BCUT2D eigenvalue weighted by Gasteiger charge is 2.29. The molecule has 4 rings (SSSR count). The molecular formula is C24H28FN5O. The van der Waals surface area contributed by atoms with Crippen molar-refractivity contribution in [3.05, 3.63) is 66.4 Å². The van der Waals surface area contributed by atoms with E-state index in [2.05, 4.69) is 25.2 Å². The summed E-state index contributed by atoms with van der Waals surface area (Å²) in [6.45, 7) is 6.73. The topological polar surface area (TPSA) is 71.0 Å². The van der Waals surface area contributed by atoms with Crippen LogP contribution in [0.3, 0.4) is 0 Å². The molecule has 1 aliphatic rings. The summed E-state index contributed by atoms with van der Waals surface area (Å²) >= 11 is 0. The van der Waals surface area contributed by atoms with E-state index < -0.39 is 5.82 Å². The van der Waals surface area contributed by atoms with Gasteiger partial charge in [-0.15, -0.1) is 0 Å². The van der Waals surface area contributed by atoms with E-state index in [0.717, 1.165) is 55.1 Å². The Kier molecular flexibility index (Phi) is 7.65. The van der Waals surface area contributed by atoms with E-state index in [1.807, 2.05) is 57.2 Å². The largest absolute Gasteiger partial charge is 0.345 e. The number of rotatable bonds is 4. The number of nitrogens with zero attached hydrogens (tertiary/aromatic N) is 4. The number of aryl methyl sites for hydroxylation is 1. The predicted octanol–water partition coefficient (Wildman–Crippen LogP) is 5.01. The van der Waals surface area contributed by atoms with Crippen LogP contribution in [-0.2, 0) is 4.79 Å². The highest BCUT2D eigenvalue weighted by atomic mass is 19.1. The smallest absolute Gasteiger partial charge is 0.247 e. The molecule has 0 aliphatic carbocycles. The first-order valence-electron chi connectivity index (χ1n) is 10.7. The zero-order chi connectivity index (χ0) is 22.2. The van der Waals surface area contributed by atoms with Gasteiger partial charge < -0.3 is 10.2 Å². The number of pyridine rings is 1. The molecule has 6 nitrogen and oxygen atoms in total. The van der Waals surface area contributed by atoms with Crippen LogP contribution in [0.5, 0.6) is 0 Å². The molecule has 0 bridgehead atoms. The van der Waals surface area contributed by atoms with Crippen LogP contribution in [0, 0.1) is 12.7 Å². The van der Waals surface area contributed by atoms with Crippen LogP contribution in [0.2, 0.25) is 0 Å². The third kappa shape index (κ3) is 5.42. The van der Waals surface area contributed by atoms with Gasteiger partial charge in [-0.1, -0.05) is 26.0 Å². The fraction of sp³-hybridized carbons (Fsp3) is 0.333. The summed E-state index contributed by atoms with van der Waals surface area (Å²) in [5, 5.41) is 3.02. The van der Waals surface area contributed by atoms with Crippen molar-refractivity contribution in [1.29, 1.82) is 0 Å². The minimum Gasteiger partial charge on any atom is -0.345 e. The maximum absolute atomic E-state index is 13.1. The lowest BCUT2D eigenvalue weighted by molar-refractivity contribution is -0.117. The van der Waals surface area contributed by atoms with E-state index in [0.29, 0.717) is 11.5 Å². The fourth-order valence-electron chi connectivity index (χ4n) is 3.62. The Morgan fingerprint density at radius 3 is 2.58 bits per heavy atom. The molecule has 0 saturated carbocycles. The van der Waals surface area contributed by atoms with Crippen LogP contribution >= 0.6 is 0 Å². The van der Waals surface area contributed by atoms with Crippen molar-refractivity contribution in [1.82, 2.24) is 15.0 Å². The average molecular weight is 422 g/mol. The van der Waals surface area contributed by atoms with Gasteiger partial charge in [0.25, 0.3) is 0 Å². The molecule has 162 valence electrons. The van der Waals surface area contributed by atoms with Crippen molar-refractivity contribution in [2.45, 2.75) is 46.1 Å². The second-order valence-corrected chi connectivity index (χ2v) is 7.14. The predicted molar refractivity (Wildman–Crippen MR) is 121 cm³/mol. The molecule has 2 aromatic heterocycles. The SMILES string of the molecule is CC.Cc1ccc(NC(=O)C2CCCCN2c2ccccn2)cc1-c1ncc(F)cn1. The van der Waals surface area contributed by atoms with Gasteiger partial charge in [0.05, 0.1) is 12.4 Å². The maximum atomic E-state index is 13.1. The van der Waals surface area contributed by atoms with E-state index in [9.17, 15) is 9.18 Å². The van der Waals surface area contributed by atoms with Crippen molar-refractivity contribution in [3.8, 4) is 11.4 Å². The molecule has 1 N–H and O–H groups in total. The van der Waals surface area contributed by atoms with Crippen LogP contribution in [0.4, 0.5) is 15.9 Å². The number of benzene rings is 1. The van der Waals surface area contributed by atoms with Crippen LogP contribution in [0.25, 0.3) is 11.4 Å². The third-order valence-electron chi connectivity index (χ3n) is 5.12. The number of carbonyl (C=O) groups is 1. The van der Waals surface area contributed by atoms with Gasteiger partial charge in [-0.25, -0.2) is 19.3 Å².